The number of H-pyrrole nitrogens is 1. The van der Waals surface area contributed by atoms with Crippen molar-refractivity contribution in [3.8, 4) is 0 Å². The van der Waals surface area contributed by atoms with Gasteiger partial charge in [0.25, 0.3) is 0 Å². The Balaban J connectivity index is 2.30. The van der Waals surface area contributed by atoms with Crippen molar-refractivity contribution in [2.24, 2.45) is 0 Å². The van der Waals surface area contributed by atoms with E-state index in [1.807, 2.05) is 25.1 Å². The van der Waals surface area contributed by atoms with Gasteiger partial charge in [-0.25, -0.2) is 13.4 Å². The maximum atomic E-state index is 12.0. The van der Waals surface area contributed by atoms with Crippen molar-refractivity contribution in [3.05, 3.63) is 29.6 Å². The third-order valence-electron chi connectivity index (χ3n) is 3.17. The average molecular weight is 281 g/mol. The second kappa shape index (κ2) is 4.94. The molecule has 0 bridgehead atoms. The molecule has 2 aromatic rings. The topological polar surface area (TPSA) is 66.1 Å². The van der Waals surface area contributed by atoms with Crippen LogP contribution in [0.25, 0.3) is 11.0 Å². The van der Waals surface area contributed by atoms with Crippen molar-refractivity contribution in [2.75, 3.05) is 7.05 Å². The minimum absolute atomic E-state index is 0.259. The molecule has 0 fully saturated rings. The van der Waals surface area contributed by atoms with Gasteiger partial charge in [0.05, 0.1) is 22.8 Å². The highest BCUT2D eigenvalue weighted by molar-refractivity contribution is 7.89. The van der Waals surface area contributed by atoms with Crippen LogP contribution in [0.3, 0.4) is 0 Å². The molecule has 0 saturated heterocycles. The van der Waals surface area contributed by atoms with Gasteiger partial charge in [0.15, 0.2) is 0 Å². The second-order valence-electron chi connectivity index (χ2n) is 5.00. The lowest BCUT2D eigenvalue weighted by molar-refractivity contribution is 0.452. The van der Waals surface area contributed by atoms with Gasteiger partial charge in [0.1, 0.15) is 5.82 Å². The quantitative estimate of drug-likeness (QED) is 0.932. The number of sulfonamides is 1. The largest absolute Gasteiger partial charge is 0.341 e. The highest BCUT2D eigenvalue weighted by Crippen LogP contribution is 2.17. The van der Waals surface area contributed by atoms with Crippen LogP contribution < -0.4 is 0 Å². The van der Waals surface area contributed by atoms with Crippen LogP contribution in [0.1, 0.15) is 25.2 Å². The molecule has 0 amide bonds. The van der Waals surface area contributed by atoms with Crippen LogP contribution in [0.5, 0.6) is 0 Å². The van der Waals surface area contributed by atoms with E-state index in [1.54, 1.807) is 20.9 Å². The number of nitrogens with one attached hydrogen (secondary N) is 1. The zero-order valence-electron chi connectivity index (χ0n) is 11.6. The first-order valence-electron chi connectivity index (χ1n) is 6.21. The number of fused-ring (bicyclic) bond motifs is 1. The number of benzene rings is 1. The van der Waals surface area contributed by atoms with Crippen molar-refractivity contribution < 1.29 is 8.42 Å². The van der Waals surface area contributed by atoms with E-state index in [4.69, 9.17) is 0 Å². The summed E-state index contributed by atoms with van der Waals surface area (Å²) >= 11 is 0. The number of nitrogens with zero attached hydrogens (tertiary/aromatic N) is 2. The summed E-state index contributed by atoms with van der Waals surface area (Å²) < 4.78 is 25.3. The fraction of sp³-hybridized carbons (Fsp3) is 0.462. The van der Waals surface area contributed by atoms with Gasteiger partial charge in [-0.1, -0.05) is 12.1 Å². The van der Waals surface area contributed by atoms with Gasteiger partial charge in [-0.2, -0.15) is 4.31 Å². The number of rotatable bonds is 4. The third-order valence-corrected chi connectivity index (χ3v) is 5.36. The first-order chi connectivity index (χ1) is 8.82. The standard InChI is InChI=1S/C13H19N3O2S/c1-9(2)19(17,18)16(4)8-12-14-11-7-5-6-10(3)13(11)15-12/h5-7,9H,8H2,1-4H3,(H,14,15). The van der Waals surface area contributed by atoms with Crippen LogP contribution in [0.15, 0.2) is 18.2 Å². The zero-order chi connectivity index (χ0) is 14.2. The minimum atomic E-state index is -3.25. The number of aromatic nitrogens is 2. The molecule has 0 radical (unpaired) electrons. The van der Waals surface area contributed by atoms with E-state index in [-0.39, 0.29) is 6.54 Å². The number of aryl methyl sites for hydroxylation is 1. The van der Waals surface area contributed by atoms with Crippen LogP contribution >= 0.6 is 0 Å². The Hall–Kier alpha value is -1.40. The molecule has 5 nitrogen and oxygen atoms in total. The minimum Gasteiger partial charge on any atom is -0.341 e. The lowest BCUT2D eigenvalue weighted by Crippen LogP contribution is -2.32. The van der Waals surface area contributed by atoms with E-state index in [0.717, 1.165) is 16.6 Å². The number of imidazole rings is 1. The van der Waals surface area contributed by atoms with Crippen LogP contribution in [0.2, 0.25) is 0 Å². The second-order valence-corrected chi connectivity index (χ2v) is 7.60. The molecule has 104 valence electrons. The maximum absolute atomic E-state index is 12.0. The van der Waals surface area contributed by atoms with Crippen molar-refractivity contribution in [1.82, 2.24) is 14.3 Å². The highest BCUT2D eigenvalue weighted by atomic mass is 32.2. The molecule has 2 rings (SSSR count). The molecule has 0 saturated carbocycles. The van der Waals surface area contributed by atoms with E-state index < -0.39 is 15.3 Å². The van der Waals surface area contributed by atoms with E-state index in [0.29, 0.717) is 5.82 Å². The molecule has 0 aliphatic rings. The molecule has 0 aliphatic heterocycles. The Labute approximate surface area is 113 Å². The normalized spacial score (nSPS) is 12.7. The number of hydrogen-bond donors (Lipinski definition) is 1. The van der Waals surface area contributed by atoms with E-state index in [1.165, 1.54) is 4.31 Å². The lowest BCUT2D eigenvalue weighted by Gasteiger charge is -2.18. The molecule has 1 N–H and O–H groups in total. The number of aromatic amines is 1. The Morgan fingerprint density at radius 2 is 2.05 bits per heavy atom. The van der Waals surface area contributed by atoms with Gasteiger partial charge >= 0.3 is 0 Å². The Morgan fingerprint density at radius 1 is 1.37 bits per heavy atom. The lowest BCUT2D eigenvalue weighted by atomic mass is 10.2. The van der Waals surface area contributed by atoms with Crippen molar-refractivity contribution >= 4 is 21.1 Å². The monoisotopic (exact) mass is 281 g/mol. The molecular formula is C13H19N3O2S. The summed E-state index contributed by atoms with van der Waals surface area (Å²) in [6.45, 7) is 5.60. The SMILES string of the molecule is Cc1cccc2[nH]c(CN(C)S(=O)(=O)C(C)C)nc12. The smallest absolute Gasteiger partial charge is 0.216 e. The van der Waals surface area contributed by atoms with Crippen LogP contribution in [-0.2, 0) is 16.6 Å². The molecule has 0 aliphatic carbocycles. The van der Waals surface area contributed by atoms with Crippen molar-refractivity contribution in [3.63, 3.8) is 0 Å². The summed E-state index contributed by atoms with van der Waals surface area (Å²) in [4.78, 5) is 7.62. The third kappa shape index (κ3) is 2.64. The van der Waals surface area contributed by atoms with Gasteiger partial charge in [-0.05, 0) is 32.4 Å². The zero-order valence-corrected chi connectivity index (χ0v) is 12.5. The van der Waals surface area contributed by atoms with Crippen LogP contribution in [-0.4, -0.2) is 35.0 Å². The van der Waals surface area contributed by atoms with Gasteiger partial charge in [-0.15, -0.1) is 0 Å². The fourth-order valence-electron chi connectivity index (χ4n) is 1.96. The molecule has 1 aromatic heterocycles. The number of para-hydroxylation sites is 1. The highest BCUT2D eigenvalue weighted by Gasteiger charge is 2.23. The maximum Gasteiger partial charge on any atom is 0.216 e. The summed E-state index contributed by atoms with van der Waals surface area (Å²) in [6, 6.07) is 5.88. The summed E-state index contributed by atoms with van der Waals surface area (Å²) in [5.41, 5.74) is 2.91. The molecule has 1 heterocycles. The van der Waals surface area contributed by atoms with E-state index in [2.05, 4.69) is 9.97 Å². The first kappa shape index (κ1) is 14.0. The fourth-order valence-corrected chi connectivity index (χ4v) is 2.98. The van der Waals surface area contributed by atoms with Gasteiger partial charge in [0.2, 0.25) is 10.0 Å². The average Bonchev–Trinajstić information content (AvgIpc) is 2.72. The van der Waals surface area contributed by atoms with Gasteiger partial charge in [-0.3, -0.25) is 0 Å². The number of hydrogen-bond acceptors (Lipinski definition) is 3. The summed E-state index contributed by atoms with van der Waals surface area (Å²) in [5.74, 6) is 0.663. The van der Waals surface area contributed by atoms with Gasteiger partial charge < -0.3 is 4.98 Å². The molecule has 1 aromatic carbocycles. The van der Waals surface area contributed by atoms with E-state index in [9.17, 15) is 8.42 Å². The Morgan fingerprint density at radius 3 is 2.63 bits per heavy atom. The van der Waals surface area contributed by atoms with Crippen LogP contribution in [0, 0.1) is 6.92 Å². The predicted molar refractivity (Wildman–Crippen MR) is 76.4 cm³/mol. The molecule has 0 unspecified atom stereocenters. The molecular weight excluding hydrogens is 262 g/mol. The van der Waals surface area contributed by atoms with Crippen molar-refractivity contribution in [2.45, 2.75) is 32.6 Å². The molecule has 0 spiro atoms. The molecule has 19 heavy (non-hydrogen) atoms. The first-order valence-corrected chi connectivity index (χ1v) is 7.72. The molecule has 6 heteroatoms. The van der Waals surface area contributed by atoms with Crippen molar-refractivity contribution in [1.29, 1.82) is 0 Å². The Bertz CT molecular complexity index is 689. The van der Waals surface area contributed by atoms with Crippen LogP contribution in [0.4, 0.5) is 0 Å². The summed E-state index contributed by atoms with van der Waals surface area (Å²) in [5, 5.41) is -0.427. The summed E-state index contributed by atoms with van der Waals surface area (Å²) in [6.07, 6.45) is 0. The Kier molecular flexibility index (Phi) is 3.64. The summed E-state index contributed by atoms with van der Waals surface area (Å²) in [7, 11) is -1.67. The van der Waals surface area contributed by atoms with Gasteiger partial charge in [0, 0.05) is 7.05 Å². The predicted octanol–water partition coefficient (Wildman–Crippen LogP) is 2.04. The molecule has 0 atom stereocenters. The van der Waals surface area contributed by atoms with E-state index >= 15 is 0 Å².